The molecule has 0 spiro atoms. The molecule has 0 saturated carbocycles. The highest BCUT2D eigenvalue weighted by Gasteiger charge is 2.41. The van der Waals surface area contributed by atoms with Crippen LogP contribution in [0.3, 0.4) is 0 Å². The number of hydrogen-bond donors (Lipinski definition) is 4. The second-order valence-corrected chi connectivity index (χ2v) is 6.83. The zero-order valence-electron chi connectivity index (χ0n) is 16.3. The van der Waals surface area contributed by atoms with E-state index in [-0.39, 0.29) is 25.5 Å². The van der Waals surface area contributed by atoms with Crippen molar-refractivity contribution in [3.8, 4) is 0 Å². The van der Waals surface area contributed by atoms with Crippen LogP contribution in [0.2, 0.25) is 0 Å². The van der Waals surface area contributed by atoms with Crippen LogP contribution in [0.25, 0.3) is 0 Å². The molecule has 0 aliphatic carbocycles. The number of carbonyl (C=O) groups excluding carboxylic acids is 1. The van der Waals surface area contributed by atoms with E-state index >= 15 is 0 Å². The van der Waals surface area contributed by atoms with Crippen LogP contribution in [0, 0.1) is 5.92 Å². The van der Waals surface area contributed by atoms with Gasteiger partial charge in [0.25, 0.3) is 5.79 Å². The number of urea groups is 1. The van der Waals surface area contributed by atoms with Crippen molar-refractivity contribution in [3.05, 3.63) is 35.9 Å². The molecule has 9 nitrogen and oxygen atoms in total. The summed E-state index contributed by atoms with van der Waals surface area (Å²) in [6.45, 7) is 4.51. The second-order valence-electron chi connectivity index (χ2n) is 6.83. The van der Waals surface area contributed by atoms with Crippen molar-refractivity contribution in [3.63, 3.8) is 0 Å². The Labute approximate surface area is 163 Å². The number of aliphatic hydroxyl groups is 1. The Bertz CT molecular complexity index is 666. The number of carboxylic acids is 2. The molecule has 2 atom stereocenters. The van der Waals surface area contributed by atoms with Gasteiger partial charge in [-0.2, -0.15) is 0 Å². The van der Waals surface area contributed by atoms with Gasteiger partial charge in [-0.25, -0.2) is 14.4 Å². The summed E-state index contributed by atoms with van der Waals surface area (Å²) in [6, 6.07) is 6.79. The summed E-state index contributed by atoms with van der Waals surface area (Å²) in [5, 5.41) is 31.4. The van der Waals surface area contributed by atoms with Gasteiger partial charge < -0.3 is 30.3 Å². The normalized spacial score (nSPS) is 14.2. The summed E-state index contributed by atoms with van der Waals surface area (Å²) in [5.41, 5.74) is 0.724. The number of nitrogens with one attached hydrogen (secondary N) is 1. The number of hydrogen-bond acceptors (Lipinski definition) is 5. The van der Waals surface area contributed by atoms with Gasteiger partial charge in [0.05, 0.1) is 6.54 Å². The van der Waals surface area contributed by atoms with E-state index in [1.165, 1.54) is 6.92 Å². The minimum atomic E-state index is -2.58. The third kappa shape index (κ3) is 7.16. The van der Waals surface area contributed by atoms with E-state index in [1.807, 2.05) is 0 Å². The summed E-state index contributed by atoms with van der Waals surface area (Å²) >= 11 is 0. The van der Waals surface area contributed by atoms with E-state index in [4.69, 9.17) is 4.74 Å². The number of amides is 2. The lowest BCUT2D eigenvalue weighted by Gasteiger charge is -2.32. The Morgan fingerprint density at radius 1 is 1.18 bits per heavy atom. The van der Waals surface area contributed by atoms with Crippen molar-refractivity contribution in [2.24, 2.45) is 5.92 Å². The van der Waals surface area contributed by atoms with Gasteiger partial charge in [-0.1, -0.05) is 44.2 Å². The van der Waals surface area contributed by atoms with E-state index in [2.05, 4.69) is 5.32 Å². The molecule has 2 unspecified atom stereocenters. The number of carboxylic acid groups (broad SMARTS) is 2. The predicted octanol–water partition coefficient (Wildman–Crippen LogP) is 1.16. The number of benzene rings is 1. The Morgan fingerprint density at radius 3 is 2.25 bits per heavy atom. The number of ether oxygens (including phenoxy) is 1. The molecule has 156 valence electrons. The van der Waals surface area contributed by atoms with Gasteiger partial charge in [0.2, 0.25) is 0 Å². The van der Waals surface area contributed by atoms with Crippen molar-refractivity contribution in [2.75, 3.05) is 19.7 Å². The largest absolute Gasteiger partial charge is 0.480 e. The van der Waals surface area contributed by atoms with Crippen LogP contribution in [0.5, 0.6) is 0 Å². The highest BCUT2D eigenvalue weighted by Crippen LogP contribution is 2.13. The first-order valence-corrected chi connectivity index (χ1v) is 9.01. The van der Waals surface area contributed by atoms with E-state index in [0.29, 0.717) is 0 Å². The molecule has 1 aromatic rings. The van der Waals surface area contributed by atoms with Crippen molar-refractivity contribution in [2.45, 2.75) is 39.0 Å². The molecule has 0 heterocycles. The zero-order valence-corrected chi connectivity index (χ0v) is 16.3. The molecule has 28 heavy (non-hydrogen) atoms. The first-order valence-electron chi connectivity index (χ1n) is 9.01. The van der Waals surface area contributed by atoms with Crippen LogP contribution in [-0.2, 0) is 20.7 Å². The fourth-order valence-electron chi connectivity index (χ4n) is 2.62. The van der Waals surface area contributed by atoms with Gasteiger partial charge in [0.1, 0.15) is 6.04 Å². The quantitative estimate of drug-likeness (QED) is 0.412. The molecule has 0 saturated heterocycles. The van der Waals surface area contributed by atoms with Crippen LogP contribution in [0.4, 0.5) is 4.79 Å². The molecule has 1 rings (SSSR count). The summed E-state index contributed by atoms with van der Waals surface area (Å²) in [7, 11) is 0. The maximum atomic E-state index is 12.7. The summed E-state index contributed by atoms with van der Waals surface area (Å²) < 4.78 is 4.92. The highest BCUT2D eigenvalue weighted by molar-refractivity contribution is 5.83. The van der Waals surface area contributed by atoms with Gasteiger partial charge in [0.15, 0.2) is 0 Å². The first kappa shape index (κ1) is 23.4. The molecule has 1 aromatic carbocycles. The number of nitrogens with zero attached hydrogens (tertiary/aromatic N) is 1. The standard InChI is InChI=1S/C19H28N2O7/c1-4-28-19(27,17(24)25)12-21(11-13(2)3)18(26)20-15(16(22)23)10-14-8-6-5-7-9-14/h5-9,13,15,27H,4,10-12H2,1-3H3,(H,20,26)(H,22,23)(H,24,25). The minimum Gasteiger partial charge on any atom is -0.480 e. The number of rotatable bonds is 11. The first-order chi connectivity index (χ1) is 13.1. The van der Waals surface area contributed by atoms with Crippen LogP contribution < -0.4 is 5.32 Å². The SMILES string of the molecule is CCOC(O)(CN(CC(C)C)C(=O)NC(Cc1ccccc1)C(=O)O)C(=O)O. The Kier molecular flexibility index (Phi) is 8.87. The molecular formula is C19H28N2O7. The molecule has 0 aliphatic heterocycles. The van der Waals surface area contributed by atoms with Gasteiger partial charge in [-0.15, -0.1) is 0 Å². The van der Waals surface area contributed by atoms with Crippen molar-refractivity contribution in [1.82, 2.24) is 10.2 Å². The van der Waals surface area contributed by atoms with Gasteiger partial charge in [-0.05, 0) is 18.4 Å². The lowest BCUT2D eigenvalue weighted by Crippen LogP contribution is -2.57. The van der Waals surface area contributed by atoms with Crippen LogP contribution in [0.1, 0.15) is 26.3 Å². The van der Waals surface area contributed by atoms with E-state index < -0.39 is 36.3 Å². The Balaban J connectivity index is 2.97. The summed E-state index contributed by atoms with van der Waals surface area (Å²) in [5.74, 6) is -5.49. The lowest BCUT2D eigenvalue weighted by molar-refractivity contribution is -0.225. The average molecular weight is 396 g/mol. The van der Waals surface area contributed by atoms with Crippen molar-refractivity contribution < 1.29 is 34.4 Å². The fraction of sp³-hybridized carbons (Fsp3) is 0.526. The molecular weight excluding hydrogens is 368 g/mol. The van der Waals surface area contributed by atoms with Gasteiger partial charge in [-0.3, -0.25) is 0 Å². The smallest absolute Gasteiger partial charge is 0.366 e. The zero-order chi connectivity index (χ0) is 21.3. The summed E-state index contributed by atoms with van der Waals surface area (Å²) in [4.78, 5) is 36.7. The molecule has 2 amide bonds. The Hall–Kier alpha value is -2.65. The van der Waals surface area contributed by atoms with E-state index in [9.17, 15) is 29.7 Å². The van der Waals surface area contributed by atoms with Gasteiger partial charge in [0, 0.05) is 19.6 Å². The maximum absolute atomic E-state index is 12.7. The lowest BCUT2D eigenvalue weighted by atomic mass is 10.1. The fourth-order valence-corrected chi connectivity index (χ4v) is 2.62. The number of aliphatic carboxylic acids is 2. The molecule has 0 radical (unpaired) electrons. The topological polar surface area (TPSA) is 136 Å². The van der Waals surface area contributed by atoms with Crippen molar-refractivity contribution >= 4 is 18.0 Å². The van der Waals surface area contributed by atoms with E-state index in [1.54, 1.807) is 44.2 Å². The monoisotopic (exact) mass is 396 g/mol. The van der Waals surface area contributed by atoms with Crippen LogP contribution in [-0.4, -0.2) is 69.7 Å². The summed E-state index contributed by atoms with van der Waals surface area (Å²) in [6.07, 6.45) is 0.0616. The average Bonchev–Trinajstić information content (AvgIpc) is 2.61. The van der Waals surface area contributed by atoms with E-state index in [0.717, 1.165) is 10.5 Å². The third-order valence-electron chi connectivity index (χ3n) is 3.87. The molecule has 9 heteroatoms. The third-order valence-corrected chi connectivity index (χ3v) is 3.87. The molecule has 0 aliphatic rings. The van der Waals surface area contributed by atoms with Crippen LogP contribution >= 0.6 is 0 Å². The molecule has 4 N–H and O–H groups in total. The van der Waals surface area contributed by atoms with Crippen LogP contribution in [0.15, 0.2) is 30.3 Å². The molecule has 0 fully saturated rings. The molecule has 0 aromatic heterocycles. The number of carbonyl (C=O) groups is 3. The second kappa shape index (κ2) is 10.6. The predicted molar refractivity (Wildman–Crippen MR) is 101 cm³/mol. The van der Waals surface area contributed by atoms with Crippen molar-refractivity contribution in [1.29, 1.82) is 0 Å². The molecule has 0 bridgehead atoms. The Morgan fingerprint density at radius 2 is 1.79 bits per heavy atom. The van der Waals surface area contributed by atoms with Gasteiger partial charge >= 0.3 is 18.0 Å². The highest BCUT2D eigenvalue weighted by atomic mass is 16.6. The minimum absolute atomic E-state index is 0.0529. The maximum Gasteiger partial charge on any atom is 0.366 e.